The minimum absolute atomic E-state index is 0.242. The molecule has 0 saturated carbocycles. The highest BCUT2D eigenvalue weighted by molar-refractivity contribution is 6.27. The molecule has 0 saturated heterocycles. The molecule has 0 bridgehead atoms. The summed E-state index contributed by atoms with van der Waals surface area (Å²) in [4.78, 5) is 20.4. The van der Waals surface area contributed by atoms with Crippen LogP contribution in [0.3, 0.4) is 0 Å². The van der Waals surface area contributed by atoms with E-state index in [9.17, 15) is 0 Å². The van der Waals surface area contributed by atoms with Crippen molar-refractivity contribution < 1.29 is 29.3 Å². The van der Waals surface area contributed by atoms with Gasteiger partial charge in [-0.05, 0) is 31.6 Å². The molecule has 3 aromatic rings. The third-order valence-electron chi connectivity index (χ3n) is 4.70. The van der Waals surface area contributed by atoms with E-state index in [0.29, 0.717) is 6.61 Å². The maximum absolute atomic E-state index is 9.10. The lowest BCUT2D eigenvalue weighted by Gasteiger charge is -2.26. The van der Waals surface area contributed by atoms with E-state index >= 15 is 0 Å². The predicted molar refractivity (Wildman–Crippen MR) is 119 cm³/mol. The summed E-state index contributed by atoms with van der Waals surface area (Å²) in [6, 6.07) is 22.9. The number of carbonyl (C=O) groups is 2. The molecule has 0 spiro atoms. The summed E-state index contributed by atoms with van der Waals surface area (Å²) in [6.45, 7) is 0.648. The molecule has 31 heavy (non-hydrogen) atoms. The summed E-state index contributed by atoms with van der Waals surface area (Å²) in [6.07, 6.45) is 0.886. The highest BCUT2D eigenvalue weighted by Crippen LogP contribution is 2.31. The number of nitrogens with zero attached hydrogens (tertiary/aromatic N) is 1. The van der Waals surface area contributed by atoms with Crippen molar-refractivity contribution in [3.63, 3.8) is 0 Å². The summed E-state index contributed by atoms with van der Waals surface area (Å²) in [5, 5.41) is 17.1. The van der Waals surface area contributed by atoms with Crippen molar-refractivity contribution in [1.29, 1.82) is 0 Å². The molecule has 3 aromatic carbocycles. The highest BCUT2D eigenvalue weighted by atomic mass is 16.5. The van der Waals surface area contributed by atoms with Gasteiger partial charge in [0.25, 0.3) is 0 Å². The van der Waals surface area contributed by atoms with Gasteiger partial charge in [-0.15, -0.1) is 0 Å². The Balaban J connectivity index is 0.000000501. The maximum atomic E-state index is 9.10. The first-order valence-corrected chi connectivity index (χ1v) is 9.71. The minimum atomic E-state index is -1.82. The number of carboxylic acid groups (broad SMARTS) is 2. The predicted octanol–water partition coefficient (Wildman–Crippen LogP) is 4.08. The molecule has 0 aromatic heterocycles. The average Bonchev–Trinajstić information content (AvgIpc) is 2.77. The smallest absolute Gasteiger partial charge is 0.414 e. The van der Waals surface area contributed by atoms with E-state index in [1.165, 1.54) is 10.9 Å². The quantitative estimate of drug-likeness (QED) is 0.551. The standard InChI is InChI=1S/C22H25NO2.C2H2O4/c1-23(2)20(19-12-6-7-13-21(19)24-3)15-16-25-22-14-8-10-17-9-4-5-11-18(17)22;3-1(4)2(5)6/h4-14,20H,15-16H2,1-3H3;(H,3,4)(H,5,6). The second kappa shape index (κ2) is 11.6. The molecule has 164 valence electrons. The number of hydrogen-bond donors (Lipinski definition) is 2. The van der Waals surface area contributed by atoms with Gasteiger partial charge >= 0.3 is 11.9 Å². The molecule has 0 radical (unpaired) electrons. The van der Waals surface area contributed by atoms with Crippen molar-refractivity contribution in [2.45, 2.75) is 12.5 Å². The largest absolute Gasteiger partial charge is 0.496 e. The highest BCUT2D eigenvalue weighted by Gasteiger charge is 2.18. The lowest BCUT2D eigenvalue weighted by atomic mass is 10.0. The molecule has 1 unspecified atom stereocenters. The summed E-state index contributed by atoms with van der Waals surface area (Å²) in [5.74, 6) is -1.79. The zero-order valence-electron chi connectivity index (χ0n) is 17.8. The molecule has 3 rings (SSSR count). The van der Waals surface area contributed by atoms with Gasteiger partial charge in [-0.3, -0.25) is 0 Å². The second-order valence-electron chi connectivity index (χ2n) is 6.95. The van der Waals surface area contributed by atoms with Gasteiger partial charge in [0.05, 0.1) is 13.7 Å². The second-order valence-corrected chi connectivity index (χ2v) is 6.95. The van der Waals surface area contributed by atoms with Gasteiger partial charge in [0.1, 0.15) is 11.5 Å². The summed E-state index contributed by atoms with van der Waals surface area (Å²) < 4.78 is 11.7. The Morgan fingerprint density at radius 2 is 1.45 bits per heavy atom. The van der Waals surface area contributed by atoms with Crippen molar-refractivity contribution in [3.8, 4) is 11.5 Å². The fraction of sp³-hybridized carbons (Fsp3) is 0.250. The number of para-hydroxylation sites is 1. The number of aliphatic carboxylic acids is 2. The maximum Gasteiger partial charge on any atom is 0.414 e. The zero-order valence-corrected chi connectivity index (χ0v) is 17.8. The Morgan fingerprint density at radius 3 is 2.10 bits per heavy atom. The van der Waals surface area contributed by atoms with E-state index < -0.39 is 11.9 Å². The number of benzene rings is 3. The SMILES string of the molecule is COc1ccccc1C(CCOc1cccc2ccccc12)N(C)C.O=C(O)C(=O)O. The van der Waals surface area contributed by atoms with Crippen LogP contribution in [0, 0.1) is 0 Å². The Bertz CT molecular complexity index is 1000. The minimum Gasteiger partial charge on any atom is -0.496 e. The lowest BCUT2D eigenvalue weighted by molar-refractivity contribution is -0.159. The number of ether oxygens (including phenoxy) is 2. The Morgan fingerprint density at radius 1 is 0.871 bits per heavy atom. The zero-order chi connectivity index (χ0) is 22.8. The molecule has 7 nitrogen and oxygen atoms in total. The molecule has 0 aliphatic carbocycles. The van der Waals surface area contributed by atoms with Crippen LogP contribution in [0.2, 0.25) is 0 Å². The first-order chi connectivity index (χ1) is 14.8. The van der Waals surface area contributed by atoms with Gasteiger partial charge in [-0.2, -0.15) is 0 Å². The van der Waals surface area contributed by atoms with Crippen LogP contribution in [0.15, 0.2) is 66.7 Å². The van der Waals surface area contributed by atoms with Crippen molar-refractivity contribution in [1.82, 2.24) is 4.90 Å². The first kappa shape index (κ1) is 23.7. The van der Waals surface area contributed by atoms with Gasteiger partial charge < -0.3 is 24.6 Å². The van der Waals surface area contributed by atoms with Gasteiger partial charge in [-0.1, -0.05) is 54.6 Å². The van der Waals surface area contributed by atoms with Crippen molar-refractivity contribution >= 4 is 22.7 Å². The fourth-order valence-corrected chi connectivity index (χ4v) is 3.24. The van der Waals surface area contributed by atoms with Gasteiger partial charge in [-0.25, -0.2) is 9.59 Å². The van der Waals surface area contributed by atoms with Gasteiger partial charge in [0.2, 0.25) is 0 Å². The number of methoxy groups -OCH3 is 1. The van der Waals surface area contributed by atoms with Crippen molar-refractivity contribution in [2.75, 3.05) is 27.8 Å². The topological polar surface area (TPSA) is 96.3 Å². The number of rotatable bonds is 7. The third-order valence-corrected chi connectivity index (χ3v) is 4.70. The van der Waals surface area contributed by atoms with Crippen LogP contribution in [-0.4, -0.2) is 54.9 Å². The molecule has 1 atom stereocenters. The molecular weight excluding hydrogens is 398 g/mol. The Labute approximate surface area is 181 Å². The van der Waals surface area contributed by atoms with E-state index in [2.05, 4.69) is 55.4 Å². The third kappa shape index (κ3) is 6.72. The van der Waals surface area contributed by atoms with Crippen LogP contribution in [-0.2, 0) is 9.59 Å². The first-order valence-electron chi connectivity index (χ1n) is 9.71. The molecule has 0 aliphatic rings. The van der Waals surface area contributed by atoms with E-state index in [0.717, 1.165) is 23.3 Å². The molecule has 2 N–H and O–H groups in total. The molecule has 7 heteroatoms. The average molecular weight is 425 g/mol. The van der Waals surface area contributed by atoms with Gasteiger partial charge in [0, 0.05) is 23.4 Å². The van der Waals surface area contributed by atoms with Crippen LogP contribution in [0.1, 0.15) is 18.0 Å². The molecule has 0 heterocycles. The monoisotopic (exact) mass is 425 g/mol. The van der Waals surface area contributed by atoms with Crippen LogP contribution in [0.4, 0.5) is 0 Å². The van der Waals surface area contributed by atoms with Crippen molar-refractivity contribution in [3.05, 3.63) is 72.3 Å². The number of carboxylic acids is 2. The van der Waals surface area contributed by atoms with Crippen LogP contribution in [0.5, 0.6) is 11.5 Å². The Hall–Kier alpha value is -3.58. The molecule has 0 amide bonds. The Kier molecular flexibility index (Phi) is 8.84. The van der Waals surface area contributed by atoms with E-state index in [-0.39, 0.29) is 6.04 Å². The molecular formula is C24H27NO6. The van der Waals surface area contributed by atoms with E-state index in [1.807, 2.05) is 30.3 Å². The normalized spacial score (nSPS) is 11.4. The van der Waals surface area contributed by atoms with Gasteiger partial charge in [0.15, 0.2) is 0 Å². The van der Waals surface area contributed by atoms with Crippen molar-refractivity contribution in [2.24, 2.45) is 0 Å². The van der Waals surface area contributed by atoms with E-state index in [4.69, 9.17) is 29.3 Å². The number of hydrogen-bond acceptors (Lipinski definition) is 5. The van der Waals surface area contributed by atoms with Crippen LogP contribution in [0.25, 0.3) is 10.8 Å². The van der Waals surface area contributed by atoms with Crippen LogP contribution < -0.4 is 9.47 Å². The fourth-order valence-electron chi connectivity index (χ4n) is 3.24. The number of fused-ring (bicyclic) bond motifs is 1. The summed E-state index contributed by atoms with van der Waals surface area (Å²) in [5.41, 5.74) is 1.19. The van der Waals surface area contributed by atoms with Crippen LogP contribution >= 0.6 is 0 Å². The summed E-state index contributed by atoms with van der Waals surface area (Å²) >= 11 is 0. The van der Waals surface area contributed by atoms with E-state index in [1.54, 1.807) is 7.11 Å². The summed E-state index contributed by atoms with van der Waals surface area (Å²) in [7, 11) is 5.90. The molecule has 0 aliphatic heterocycles. The lowest BCUT2D eigenvalue weighted by Crippen LogP contribution is -2.22. The molecule has 0 fully saturated rings.